The SMILES string of the molecule is CCc1nc(Cl)cc(NC(C)c2cc(C)sc2C)n1. The average Bonchev–Trinajstić information content (AvgIpc) is 2.67. The van der Waals surface area contributed by atoms with Gasteiger partial charge >= 0.3 is 0 Å². The highest BCUT2D eigenvalue weighted by Crippen LogP contribution is 2.28. The van der Waals surface area contributed by atoms with Crippen LogP contribution in [0.3, 0.4) is 0 Å². The lowest BCUT2D eigenvalue weighted by atomic mass is 10.1. The fourth-order valence-corrected chi connectivity index (χ4v) is 3.30. The summed E-state index contributed by atoms with van der Waals surface area (Å²) in [7, 11) is 0. The van der Waals surface area contributed by atoms with Crippen molar-refractivity contribution in [1.82, 2.24) is 9.97 Å². The van der Waals surface area contributed by atoms with Gasteiger partial charge in [0.1, 0.15) is 16.8 Å². The highest BCUT2D eigenvalue weighted by Gasteiger charge is 2.12. The molecule has 0 aliphatic rings. The van der Waals surface area contributed by atoms with Crippen LogP contribution in [0.25, 0.3) is 0 Å². The van der Waals surface area contributed by atoms with Crippen LogP contribution in [0.1, 0.15) is 41.0 Å². The Bertz CT molecular complexity index is 580. The molecule has 1 atom stereocenters. The summed E-state index contributed by atoms with van der Waals surface area (Å²) < 4.78 is 0. The van der Waals surface area contributed by atoms with Gasteiger partial charge in [-0.05, 0) is 32.4 Å². The molecule has 3 nitrogen and oxygen atoms in total. The minimum absolute atomic E-state index is 0.209. The van der Waals surface area contributed by atoms with E-state index in [1.54, 1.807) is 6.07 Å². The van der Waals surface area contributed by atoms with Crippen molar-refractivity contribution in [3.63, 3.8) is 0 Å². The Morgan fingerprint density at radius 2 is 2.05 bits per heavy atom. The summed E-state index contributed by atoms with van der Waals surface area (Å²) in [6.45, 7) is 8.43. The first-order chi connectivity index (χ1) is 8.99. The molecule has 0 aliphatic carbocycles. The molecule has 0 spiro atoms. The van der Waals surface area contributed by atoms with Gasteiger partial charge in [0.25, 0.3) is 0 Å². The van der Waals surface area contributed by atoms with Gasteiger partial charge in [0.05, 0.1) is 6.04 Å². The summed E-state index contributed by atoms with van der Waals surface area (Å²) in [6.07, 6.45) is 0.778. The molecule has 1 N–H and O–H groups in total. The molecule has 0 saturated heterocycles. The monoisotopic (exact) mass is 295 g/mol. The van der Waals surface area contributed by atoms with E-state index in [-0.39, 0.29) is 6.04 Å². The lowest BCUT2D eigenvalue weighted by Crippen LogP contribution is -2.09. The van der Waals surface area contributed by atoms with Gasteiger partial charge in [-0.2, -0.15) is 0 Å². The molecular weight excluding hydrogens is 278 g/mol. The topological polar surface area (TPSA) is 37.8 Å². The van der Waals surface area contributed by atoms with Gasteiger partial charge in [0.15, 0.2) is 0 Å². The zero-order chi connectivity index (χ0) is 14.0. The molecule has 19 heavy (non-hydrogen) atoms. The van der Waals surface area contributed by atoms with Gasteiger partial charge in [-0.15, -0.1) is 11.3 Å². The number of anilines is 1. The molecule has 2 aromatic heterocycles. The second kappa shape index (κ2) is 5.88. The first kappa shape index (κ1) is 14.3. The average molecular weight is 296 g/mol. The maximum atomic E-state index is 6.00. The third-order valence-corrected chi connectivity index (χ3v) is 4.14. The van der Waals surface area contributed by atoms with Crippen molar-refractivity contribution in [2.24, 2.45) is 0 Å². The predicted molar refractivity (Wildman–Crippen MR) is 82.3 cm³/mol. The van der Waals surface area contributed by atoms with E-state index >= 15 is 0 Å². The normalized spacial score (nSPS) is 12.5. The van der Waals surface area contributed by atoms with Crippen molar-refractivity contribution in [3.8, 4) is 0 Å². The number of hydrogen-bond donors (Lipinski definition) is 1. The Kier molecular flexibility index (Phi) is 4.42. The molecule has 0 bridgehead atoms. The Balaban J connectivity index is 2.21. The number of rotatable bonds is 4. The van der Waals surface area contributed by atoms with Gasteiger partial charge in [-0.25, -0.2) is 9.97 Å². The van der Waals surface area contributed by atoms with E-state index in [0.29, 0.717) is 5.15 Å². The molecule has 0 amide bonds. The van der Waals surface area contributed by atoms with E-state index in [1.807, 2.05) is 18.3 Å². The number of nitrogens with zero attached hydrogens (tertiary/aromatic N) is 2. The van der Waals surface area contributed by atoms with Gasteiger partial charge in [-0.1, -0.05) is 18.5 Å². The quantitative estimate of drug-likeness (QED) is 0.841. The minimum Gasteiger partial charge on any atom is -0.363 e. The van der Waals surface area contributed by atoms with E-state index in [2.05, 4.69) is 42.1 Å². The van der Waals surface area contributed by atoms with Crippen molar-refractivity contribution in [2.45, 2.75) is 40.2 Å². The maximum Gasteiger partial charge on any atom is 0.134 e. The zero-order valence-electron chi connectivity index (χ0n) is 11.6. The highest BCUT2D eigenvalue weighted by atomic mass is 35.5. The van der Waals surface area contributed by atoms with Crippen LogP contribution in [0.2, 0.25) is 5.15 Å². The van der Waals surface area contributed by atoms with Gasteiger partial charge in [-0.3, -0.25) is 0 Å². The standard InChI is InChI=1S/C14H18ClN3S/c1-5-13-17-12(15)7-14(18-13)16-9(3)11-6-8(2)19-10(11)4/h6-7,9H,5H2,1-4H3,(H,16,17,18). The summed E-state index contributed by atoms with van der Waals surface area (Å²) in [4.78, 5) is 11.3. The van der Waals surface area contributed by atoms with Crippen molar-refractivity contribution in [3.05, 3.63) is 38.4 Å². The first-order valence-electron chi connectivity index (χ1n) is 6.36. The Hall–Kier alpha value is -1.13. The van der Waals surface area contributed by atoms with Crippen LogP contribution in [0.5, 0.6) is 0 Å². The van der Waals surface area contributed by atoms with E-state index in [1.165, 1.54) is 15.3 Å². The molecule has 2 rings (SSSR count). The highest BCUT2D eigenvalue weighted by molar-refractivity contribution is 7.12. The summed E-state index contributed by atoms with van der Waals surface area (Å²) in [5.41, 5.74) is 1.32. The molecule has 0 aromatic carbocycles. The largest absolute Gasteiger partial charge is 0.363 e. The van der Waals surface area contributed by atoms with Gasteiger partial charge in [0.2, 0.25) is 0 Å². The summed E-state index contributed by atoms with van der Waals surface area (Å²) in [5, 5.41) is 3.88. The summed E-state index contributed by atoms with van der Waals surface area (Å²) >= 11 is 7.82. The molecule has 0 radical (unpaired) electrons. The Labute approximate surface area is 123 Å². The third kappa shape index (κ3) is 3.45. The molecule has 2 aromatic rings. The molecule has 102 valence electrons. The third-order valence-electron chi connectivity index (χ3n) is 2.97. The molecular formula is C14H18ClN3S. The van der Waals surface area contributed by atoms with Crippen LogP contribution >= 0.6 is 22.9 Å². The number of aryl methyl sites for hydroxylation is 3. The van der Waals surface area contributed by atoms with Crippen LogP contribution in [0.4, 0.5) is 5.82 Å². The van der Waals surface area contributed by atoms with Crippen molar-refractivity contribution in [2.75, 3.05) is 5.32 Å². The predicted octanol–water partition coefficient (Wildman–Crippen LogP) is 4.54. The minimum atomic E-state index is 0.209. The van der Waals surface area contributed by atoms with Crippen molar-refractivity contribution < 1.29 is 0 Å². The van der Waals surface area contributed by atoms with Crippen LogP contribution < -0.4 is 5.32 Å². The molecule has 1 unspecified atom stereocenters. The first-order valence-corrected chi connectivity index (χ1v) is 7.56. The fourth-order valence-electron chi connectivity index (χ4n) is 2.08. The Morgan fingerprint density at radius 3 is 2.63 bits per heavy atom. The Morgan fingerprint density at radius 1 is 1.32 bits per heavy atom. The maximum absolute atomic E-state index is 6.00. The fraction of sp³-hybridized carbons (Fsp3) is 0.429. The molecule has 5 heteroatoms. The number of hydrogen-bond acceptors (Lipinski definition) is 4. The molecule has 0 aliphatic heterocycles. The van der Waals surface area contributed by atoms with Crippen molar-refractivity contribution in [1.29, 1.82) is 0 Å². The molecule has 0 saturated carbocycles. The molecule has 0 fully saturated rings. The number of nitrogens with one attached hydrogen (secondary N) is 1. The summed E-state index contributed by atoms with van der Waals surface area (Å²) in [6, 6.07) is 4.20. The lowest BCUT2D eigenvalue weighted by Gasteiger charge is -2.15. The van der Waals surface area contributed by atoms with Gasteiger partial charge in [0, 0.05) is 22.2 Å². The number of thiophene rings is 1. The van der Waals surface area contributed by atoms with Crippen molar-refractivity contribution >= 4 is 28.8 Å². The van der Waals surface area contributed by atoms with Crippen LogP contribution in [0.15, 0.2) is 12.1 Å². The second-order valence-electron chi connectivity index (χ2n) is 4.58. The van der Waals surface area contributed by atoms with Crippen LogP contribution in [-0.2, 0) is 6.42 Å². The van der Waals surface area contributed by atoms with Gasteiger partial charge < -0.3 is 5.32 Å². The smallest absolute Gasteiger partial charge is 0.134 e. The second-order valence-corrected chi connectivity index (χ2v) is 6.43. The number of halogens is 1. The lowest BCUT2D eigenvalue weighted by molar-refractivity contribution is 0.855. The van der Waals surface area contributed by atoms with E-state index in [9.17, 15) is 0 Å². The van der Waals surface area contributed by atoms with Crippen LogP contribution in [0, 0.1) is 13.8 Å². The number of aromatic nitrogens is 2. The summed E-state index contributed by atoms with van der Waals surface area (Å²) in [5.74, 6) is 1.55. The zero-order valence-corrected chi connectivity index (χ0v) is 13.2. The van der Waals surface area contributed by atoms with E-state index < -0.39 is 0 Å². The van der Waals surface area contributed by atoms with Crippen LogP contribution in [-0.4, -0.2) is 9.97 Å². The van der Waals surface area contributed by atoms with E-state index in [0.717, 1.165) is 18.1 Å². The molecule has 2 heterocycles. The van der Waals surface area contributed by atoms with E-state index in [4.69, 9.17) is 11.6 Å².